The van der Waals surface area contributed by atoms with Gasteiger partial charge in [0.2, 0.25) is 0 Å². The minimum atomic E-state index is -0.351. The van der Waals surface area contributed by atoms with Crippen LogP contribution >= 0.6 is 0 Å². The minimum absolute atomic E-state index is 0.205. The van der Waals surface area contributed by atoms with Gasteiger partial charge in [0.1, 0.15) is 23.7 Å². The second-order valence-corrected chi connectivity index (χ2v) is 5.76. The first-order chi connectivity index (χ1) is 12.6. The van der Waals surface area contributed by atoms with Crippen molar-refractivity contribution in [1.82, 2.24) is 19.9 Å². The Morgan fingerprint density at radius 2 is 1.96 bits per heavy atom. The third-order valence-corrected chi connectivity index (χ3v) is 3.82. The number of nitrogens with one attached hydrogen (secondary N) is 1. The molecule has 0 saturated heterocycles. The number of benzene rings is 1. The Kier molecular flexibility index (Phi) is 5.48. The summed E-state index contributed by atoms with van der Waals surface area (Å²) in [6.45, 7) is 0.555. The summed E-state index contributed by atoms with van der Waals surface area (Å²) in [5.74, 6) is -0.128. The molecule has 0 bridgehead atoms. The molecule has 3 rings (SSSR count). The highest BCUT2D eigenvalue weighted by Gasteiger charge is 2.14. The summed E-state index contributed by atoms with van der Waals surface area (Å²) in [6.07, 6.45) is 5.49. The zero-order valence-electron chi connectivity index (χ0n) is 14.3. The molecule has 0 saturated carbocycles. The molecule has 1 amide bonds. The van der Waals surface area contributed by atoms with E-state index in [0.717, 1.165) is 12.0 Å². The molecule has 0 fully saturated rings. The van der Waals surface area contributed by atoms with E-state index < -0.39 is 0 Å². The van der Waals surface area contributed by atoms with Crippen LogP contribution < -0.4 is 5.32 Å². The molecule has 26 heavy (non-hydrogen) atoms. The van der Waals surface area contributed by atoms with Gasteiger partial charge in [-0.05, 0) is 42.3 Å². The summed E-state index contributed by atoms with van der Waals surface area (Å²) in [5, 5.41) is 2.97. The van der Waals surface area contributed by atoms with Crippen LogP contribution in [0.25, 0.3) is 0 Å². The van der Waals surface area contributed by atoms with Crippen LogP contribution in [0, 0.1) is 5.82 Å². The molecule has 0 aliphatic rings. The van der Waals surface area contributed by atoms with Crippen molar-refractivity contribution in [2.45, 2.75) is 6.42 Å². The van der Waals surface area contributed by atoms with E-state index in [1.807, 2.05) is 12.1 Å². The van der Waals surface area contributed by atoms with Gasteiger partial charge in [-0.25, -0.2) is 14.4 Å². The number of hydrogen-bond acceptors (Lipinski definition) is 5. The summed E-state index contributed by atoms with van der Waals surface area (Å²) < 4.78 is 13.3. The van der Waals surface area contributed by atoms with Crippen LogP contribution in [-0.2, 0) is 6.42 Å². The predicted octanol–water partition coefficient (Wildman–Crippen LogP) is 3.07. The number of hydrogen-bond donors (Lipinski definition) is 1. The highest BCUT2D eigenvalue weighted by Crippen LogP contribution is 2.16. The van der Waals surface area contributed by atoms with E-state index in [0.29, 0.717) is 18.1 Å². The van der Waals surface area contributed by atoms with Crippen molar-refractivity contribution in [3.05, 3.63) is 78.3 Å². The molecular weight excluding hydrogens is 333 g/mol. The first-order valence-corrected chi connectivity index (χ1v) is 8.11. The lowest BCUT2D eigenvalue weighted by molar-refractivity contribution is 0.0790. The maximum Gasteiger partial charge on any atom is 0.272 e. The average molecular weight is 351 g/mol. The van der Waals surface area contributed by atoms with E-state index in [4.69, 9.17) is 0 Å². The first kappa shape index (κ1) is 17.5. The van der Waals surface area contributed by atoms with Crippen LogP contribution in [0.3, 0.4) is 0 Å². The molecule has 7 heteroatoms. The summed E-state index contributed by atoms with van der Waals surface area (Å²) in [6, 6.07) is 11.4. The van der Waals surface area contributed by atoms with Crippen molar-refractivity contribution < 1.29 is 9.18 Å². The molecular formula is C19H18FN5O. The molecule has 1 aromatic carbocycles. The molecule has 0 radical (unpaired) electrons. The molecule has 3 aromatic rings. The number of rotatable bonds is 6. The number of carbonyl (C=O) groups excluding carboxylic acids is 1. The maximum atomic E-state index is 13.3. The predicted molar refractivity (Wildman–Crippen MR) is 96.6 cm³/mol. The lowest BCUT2D eigenvalue weighted by atomic mass is 10.2. The highest BCUT2D eigenvalue weighted by atomic mass is 19.1. The largest absolute Gasteiger partial charge is 0.340 e. The Hall–Kier alpha value is -3.35. The number of likely N-dealkylation sites (N-methyl/N-ethyl adjacent to an activating group) is 1. The molecule has 1 N–H and O–H groups in total. The smallest absolute Gasteiger partial charge is 0.272 e. The van der Waals surface area contributed by atoms with Gasteiger partial charge >= 0.3 is 0 Å². The van der Waals surface area contributed by atoms with Crippen molar-refractivity contribution in [2.75, 3.05) is 18.9 Å². The summed E-state index contributed by atoms with van der Waals surface area (Å²) in [7, 11) is 1.73. The maximum absolute atomic E-state index is 13.3. The number of carbonyl (C=O) groups is 1. The Bertz CT molecular complexity index is 888. The summed E-state index contributed by atoms with van der Waals surface area (Å²) in [4.78, 5) is 26.3. The second kappa shape index (κ2) is 8.15. The topological polar surface area (TPSA) is 71.0 Å². The van der Waals surface area contributed by atoms with Gasteiger partial charge < -0.3 is 10.2 Å². The van der Waals surface area contributed by atoms with Crippen molar-refractivity contribution in [3.63, 3.8) is 0 Å². The van der Waals surface area contributed by atoms with E-state index in [2.05, 4.69) is 20.3 Å². The normalized spacial score (nSPS) is 10.4. The fourth-order valence-corrected chi connectivity index (χ4v) is 2.40. The Labute approximate surface area is 150 Å². The van der Waals surface area contributed by atoms with E-state index in [1.54, 1.807) is 42.5 Å². The third-order valence-electron chi connectivity index (χ3n) is 3.82. The van der Waals surface area contributed by atoms with Crippen molar-refractivity contribution in [2.24, 2.45) is 0 Å². The van der Waals surface area contributed by atoms with Crippen LogP contribution in [0.1, 0.15) is 16.1 Å². The van der Waals surface area contributed by atoms with Gasteiger partial charge in [-0.1, -0.05) is 6.07 Å². The monoisotopic (exact) mass is 351 g/mol. The fraction of sp³-hybridized carbons (Fsp3) is 0.158. The lowest BCUT2D eigenvalue weighted by Crippen LogP contribution is -2.29. The molecule has 132 valence electrons. The molecule has 0 spiro atoms. The fourth-order valence-electron chi connectivity index (χ4n) is 2.40. The van der Waals surface area contributed by atoms with E-state index in [-0.39, 0.29) is 17.4 Å². The molecule has 2 heterocycles. The lowest BCUT2D eigenvalue weighted by Gasteiger charge is -2.17. The van der Waals surface area contributed by atoms with Gasteiger partial charge in [0.05, 0.1) is 0 Å². The minimum Gasteiger partial charge on any atom is -0.340 e. The van der Waals surface area contributed by atoms with Crippen molar-refractivity contribution in [1.29, 1.82) is 0 Å². The number of pyridine rings is 1. The third kappa shape index (κ3) is 4.60. The summed E-state index contributed by atoms with van der Waals surface area (Å²) >= 11 is 0. The molecule has 2 aromatic heterocycles. The van der Waals surface area contributed by atoms with Crippen LogP contribution in [0.4, 0.5) is 15.9 Å². The SMILES string of the molecule is CN(CCc1ccncc1)C(=O)c1cc(Nc2cccc(F)c2)ncn1. The molecule has 6 nitrogen and oxygen atoms in total. The van der Waals surface area contributed by atoms with Gasteiger partial charge in [-0.3, -0.25) is 9.78 Å². The average Bonchev–Trinajstić information content (AvgIpc) is 2.66. The van der Waals surface area contributed by atoms with Gasteiger partial charge in [-0.2, -0.15) is 0 Å². The van der Waals surface area contributed by atoms with E-state index in [9.17, 15) is 9.18 Å². The van der Waals surface area contributed by atoms with Crippen molar-refractivity contribution >= 4 is 17.4 Å². The zero-order valence-corrected chi connectivity index (χ0v) is 14.3. The molecule has 0 atom stereocenters. The molecule has 0 aliphatic carbocycles. The standard InChI is InChI=1S/C19H18FN5O/c1-25(10-7-14-5-8-21-9-6-14)19(26)17-12-18(23-13-22-17)24-16-4-2-3-15(20)11-16/h2-6,8-9,11-13H,7,10H2,1H3,(H,22,23,24). The molecule has 0 unspecified atom stereocenters. The van der Waals surface area contributed by atoms with Gasteiger partial charge in [0.15, 0.2) is 0 Å². The quantitative estimate of drug-likeness (QED) is 0.739. The Morgan fingerprint density at radius 1 is 1.15 bits per heavy atom. The number of aromatic nitrogens is 3. The van der Waals surface area contributed by atoms with E-state index in [1.165, 1.54) is 18.5 Å². The Balaban J connectivity index is 1.65. The van der Waals surface area contributed by atoms with Crippen LogP contribution in [0.2, 0.25) is 0 Å². The number of nitrogens with zero attached hydrogens (tertiary/aromatic N) is 4. The number of anilines is 2. The van der Waals surface area contributed by atoms with Gasteiger partial charge in [0, 0.05) is 37.7 Å². The second-order valence-electron chi connectivity index (χ2n) is 5.76. The molecule has 0 aliphatic heterocycles. The van der Waals surface area contributed by atoms with Gasteiger partial charge in [0.25, 0.3) is 5.91 Å². The van der Waals surface area contributed by atoms with E-state index >= 15 is 0 Å². The zero-order chi connectivity index (χ0) is 18.4. The van der Waals surface area contributed by atoms with Crippen LogP contribution in [-0.4, -0.2) is 39.4 Å². The summed E-state index contributed by atoms with van der Waals surface area (Å²) in [5.41, 5.74) is 1.93. The first-order valence-electron chi connectivity index (χ1n) is 8.11. The van der Waals surface area contributed by atoms with Gasteiger partial charge in [-0.15, -0.1) is 0 Å². The Morgan fingerprint density at radius 3 is 2.73 bits per heavy atom. The van der Waals surface area contributed by atoms with Crippen molar-refractivity contribution in [3.8, 4) is 0 Å². The number of halogens is 1. The van der Waals surface area contributed by atoms with Crippen LogP contribution in [0.15, 0.2) is 61.2 Å². The van der Waals surface area contributed by atoms with Crippen LogP contribution in [0.5, 0.6) is 0 Å². The number of amides is 1. The highest BCUT2D eigenvalue weighted by molar-refractivity contribution is 5.92.